The summed E-state index contributed by atoms with van der Waals surface area (Å²) in [5.41, 5.74) is 0. The molecule has 1 saturated heterocycles. The largest absolute Gasteiger partial charge is 0.293 e. The van der Waals surface area contributed by atoms with Crippen molar-refractivity contribution in [3.05, 3.63) is 0 Å². The zero-order valence-corrected chi connectivity index (χ0v) is 6.84. The zero-order valence-electron chi connectivity index (χ0n) is 6.84. The number of rotatable bonds is 0. The first kappa shape index (κ1) is 8.29. The number of hydrogen-bond acceptors (Lipinski definition) is 2. The van der Waals surface area contributed by atoms with E-state index < -0.39 is 0 Å². The summed E-state index contributed by atoms with van der Waals surface area (Å²) in [5.74, 6) is 5.41. The maximum Gasteiger partial charge on any atom is 0.192 e. The second-order valence-corrected chi connectivity index (χ2v) is 2.90. The van der Waals surface area contributed by atoms with Gasteiger partial charge in [-0.25, -0.2) is 0 Å². The molecule has 1 unspecified atom stereocenters. The van der Waals surface area contributed by atoms with Crippen LogP contribution in [0.15, 0.2) is 0 Å². The molecule has 1 aliphatic heterocycles. The topological polar surface area (TPSA) is 20.3 Å². The van der Waals surface area contributed by atoms with Crippen molar-refractivity contribution in [3.8, 4) is 11.8 Å². The van der Waals surface area contributed by atoms with Crippen molar-refractivity contribution >= 4 is 6.29 Å². The van der Waals surface area contributed by atoms with Crippen LogP contribution in [-0.2, 0) is 4.79 Å². The molecule has 1 heterocycles. The molecule has 1 rings (SSSR count). The van der Waals surface area contributed by atoms with Gasteiger partial charge < -0.3 is 0 Å². The SMILES string of the molecule is CN1CCCCC1C#CC=O. The van der Waals surface area contributed by atoms with Gasteiger partial charge in [0.1, 0.15) is 0 Å². The minimum absolute atomic E-state index is 0.314. The molecule has 0 radical (unpaired) electrons. The fourth-order valence-electron chi connectivity index (χ4n) is 1.39. The van der Waals surface area contributed by atoms with Gasteiger partial charge in [-0.1, -0.05) is 5.92 Å². The number of piperidine rings is 1. The van der Waals surface area contributed by atoms with Gasteiger partial charge in [-0.05, 0) is 38.8 Å². The molecular formula is C9H13NO. The Kier molecular flexibility index (Phi) is 3.13. The van der Waals surface area contributed by atoms with Crippen LogP contribution in [0, 0.1) is 11.8 Å². The first-order valence-corrected chi connectivity index (χ1v) is 3.99. The second kappa shape index (κ2) is 4.15. The summed E-state index contributed by atoms with van der Waals surface area (Å²) in [6.45, 7) is 1.11. The van der Waals surface area contributed by atoms with Crippen molar-refractivity contribution in [3.63, 3.8) is 0 Å². The Morgan fingerprint density at radius 2 is 2.36 bits per heavy atom. The normalized spacial score (nSPS) is 25.4. The third kappa shape index (κ3) is 2.36. The molecule has 0 spiro atoms. The average Bonchev–Trinajstić information content (AvgIpc) is 2.03. The summed E-state index contributed by atoms with van der Waals surface area (Å²) in [4.78, 5) is 12.2. The van der Waals surface area contributed by atoms with E-state index in [0.717, 1.165) is 13.0 Å². The van der Waals surface area contributed by atoms with Crippen molar-refractivity contribution in [2.24, 2.45) is 0 Å². The van der Waals surface area contributed by atoms with Gasteiger partial charge in [0.25, 0.3) is 0 Å². The average molecular weight is 151 g/mol. The lowest BCUT2D eigenvalue weighted by atomic mass is 10.0. The van der Waals surface area contributed by atoms with Crippen LogP contribution < -0.4 is 0 Å². The Morgan fingerprint density at radius 1 is 1.55 bits per heavy atom. The fraction of sp³-hybridized carbons (Fsp3) is 0.667. The maximum absolute atomic E-state index is 9.96. The van der Waals surface area contributed by atoms with Gasteiger partial charge in [0, 0.05) is 0 Å². The molecule has 0 saturated carbocycles. The lowest BCUT2D eigenvalue weighted by Gasteiger charge is -2.28. The highest BCUT2D eigenvalue weighted by molar-refractivity contribution is 5.72. The highest BCUT2D eigenvalue weighted by Crippen LogP contribution is 2.13. The monoisotopic (exact) mass is 151 g/mol. The smallest absolute Gasteiger partial charge is 0.192 e. The lowest BCUT2D eigenvalue weighted by Crippen LogP contribution is -2.34. The molecule has 0 aliphatic carbocycles. The van der Waals surface area contributed by atoms with Gasteiger partial charge in [0.15, 0.2) is 6.29 Å². The van der Waals surface area contributed by atoms with E-state index in [0.29, 0.717) is 12.3 Å². The minimum atomic E-state index is 0.314. The summed E-state index contributed by atoms with van der Waals surface area (Å²) in [6.07, 6.45) is 4.28. The van der Waals surface area contributed by atoms with Crippen molar-refractivity contribution < 1.29 is 4.79 Å². The van der Waals surface area contributed by atoms with Crippen LogP contribution in [-0.4, -0.2) is 30.8 Å². The molecule has 1 fully saturated rings. The van der Waals surface area contributed by atoms with E-state index in [2.05, 4.69) is 23.8 Å². The van der Waals surface area contributed by atoms with Gasteiger partial charge >= 0.3 is 0 Å². The van der Waals surface area contributed by atoms with Crippen LogP contribution >= 0.6 is 0 Å². The molecule has 11 heavy (non-hydrogen) atoms. The molecule has 0 amide bonds. The Labute approximate surface area is 67.6 Å². The molecule has 2 nitrogen and oxygen atoms in total. The molecule has 2 heteroatoms. The van der Waals surface area contributed by atoms with Crippen molar-refractivity contribution in [1.29, 1.82) is 0 Å². The minimum Gasteiger partial charge on any atom is -0.293 e. The van der Waals surface area contributed by atoms with Crippen LogP contribution in [0.5, 0.6) is 0 Å². The molecular weight excluding hydrogens is 138 g/mol. The first-order chi connectivity index (χ1) is 5.34. The standard InChI is InChI=1S/C9H13NO/c1-10-7-3-2-5-9(10)6-4-8-11/h8-9H,2-3,5,7H2,1H3. The molecule has 1 atom stereocenters. The quantitative estimate of drug-likeness (QED) is 0.374. The molecule has 0 aromatic carbocycles. The van der Waals surface area contributed by atoms with E-state index in [4.69, 9.17) is 0 Å². The molecule has 0 aromatic rings. The summed E-state index contributed by atoms with van der Waals surface area (Å²) < 4.78 is 0. The highest BCUT2D eigenvalue weighted by atomic mass is 16.1. The summed E-state index contributed by atoms with van der Waals surface area (Å²) in [6, 6.07) is 0.314. The van der Waals surface area contributed by atoms with E-state index in [1.165, 1.54) is 12.8 Å². The predicted molar refractivity (Wildman–Crippen MR) is 44.1 cm³/mol. The van der Waals surface area contributed by atoms with E-state index >= 15 is 0 Å². The predicted octanol–water partition coefficient (Wildman–Crippen LogP) is 0.673. The molecule has 0 bridgehead atoms. The first-order valence-electron chi connectivity index (χ1n) is 3.99. The third-order valence-corrected chi connectivity index (χ3v) is 2.08. The fourth-order valence-corrected chi connectivity index (χ4v) is 1.39. The van der Waals surface area contributed by atoms with Gasteiger partial charge in [-0.15, -0.1) is 0 Å². The van der Waals surface area contributed by atoms with Crippen molar-refractivity contribution in [2.75, 3.05) is 13.6 Å². The van der Waals surface area contributed by atoms with Gasteiger partial charge in [-0.3, -0.25) is 9.69 Å². The number of carbonyl (C=O) groups excluding carboxylic acids is 1. The van der Waals surface area contributed by atoms with Gasteiger partial charge in [0.2, 0.25) is 0 Å². The molecule has 1 aliphatic rings. The number of carbonyl (C=O) groups is 1. The lowest BCUT2D eigenvalue weighted by molar-refractivity contribution is -0.103. The summed E-state index contributed by atoms with van der Waals surface area (Å²) >= 11 is 0. The van der Waals surface area contributed by atoms with Crippen LogP contribution in [0.25, 0.3) is 0 Å². The summed E-state index contributed by atoms with van der Waals surface area (Å²) in [7, 11) is 2.06. The van der Waals surface area contributed by atoms with E-state index in [1.54, 1.807) is 0 Å². The number of likely N-dealkylation sites (tertiary alicyclic amines) is 1. The molecule has 0 aromatic heterocycles. The Hall–Kier alpha value is -0.810. The van der Waals surface area contributed by atoms with Crippen molar-refractivity contribution in [1.82, 2.24) is 4.90 Å². The van der Waals surface area contributed by atoms with Gasteiger partial charge in [0.05, 0.1) is 6.04 Å². The Morgan fingerprint density at radius 3 is 3.00 bits per heavy atom. The number of aldehydes is 1. The van der Waals surface area contributed by atoms with E-state index in [9.17, 15) is 4.79 Å². The van der Waals surface area contributed by atoms with Crippen LogP contribution in [0.2, 0.25) is 0 Å². The van der Waals surface area contributed by atoms with Crippen LogP contribution in [0.4, 0.5) is 0 Å². The molecule has 0 N–H and O–H groups in total. The number of hydrogen-bond donors (Lipinski definition) is 0. The van der Waals surface area contributed by atoms with E-state index in [1.807, 2.05) is 0 Å². The van der Waals surface area contributed by atoms with Crippen molar-refractivity contribution in [2.45, 2.75) is 25.3 Å². The maximum atomic E-state index is 9.96. The summed E-state index contributed by atoms with van der Waals surface area (Å²) in [5, 5.41) is 0. The van der Waals surface area contributed by atoms with Crippen LogP contribution in [0.3, 0.4) is 0 Å². The van der Waals surface area contributed by atoms with Crippen LogP contribution in [0.1, 0.15) is 19.3 Å². The van der Waals surface area contributed by atoms with Gasteiger partial charge in [-0.2, -0.15) is 0 Å². The zero-order chi connectivity index (χ0) is 8.10. The Bertz CT molecular complexity index is 189. The highest BCUT2D eigenvalue weighted by Gasteiger charge is 2.15. The Balaban J connectivity index is 2.47. The number of nitrogens with zero attached hydrogens (tertiary/aromatic N) is 1. The molecule has 60 valence electrons. The van der Waals surface area contributed by atoms with E-state index in [-0.39, 0.29) is 0 Å². The third-order valence-electron chi connectivity index (χ3n) is 2.08. The second-order valence-electron chi connectivity index (χ2n) is 2.90.